The van der Waals surface area contributed by atoms with E-state index in [1.54, 1.807) is 83.6 Å². The molecule has 0 fully saturated rings. The molecule has 1 aliphatic heterocycles. The van der Waals surface area contributed by atoms with Crippen LogP contribution in [0.4, 0.5) is 26.3 Å². The third-order valence-corrected chi connectivity index (χ3v) is 19.5. The van der Waals surface area contributed by atoms with Gasteiger partial charge in [-0.1, -0.05) is 0 Å². The molecule has 0 N–H and O–H groups in total. The minimum atomic E-state index is -5.06. The molecule has 202 valence electrons. The molecule has 0 nitrogen and oxygen atoms in total. The van der Waals surface area contributed by atoms with Crippen molar-refractivity contribution in [2.75, 3.05) is 0 Å². The zero-order chi connectivity index (χ0) is 28.5. The molecule has 0 spiro atoms. The third kappa shape index (κ3) is 3.53. The van der Waals surface area contributed by atoms with E-state index in [-0.39, 0.29) is 18.5 Å². The first-order valence-corrected chi connectivity index (χ1v) is 18.5. The molecule has 0 unspecified atom stereocenters. The van der Waals surface area contributed by atoms with Crippen LogP contribution in [-0.2, 0) is 0 Å². The Morgan fingerprint density at radius 1 is 0.390 bits per heavy atom. The molecular formula is C32H16F6GeS2. The van der Waals surface area contributed by atoms with Crippen molar-refractivity contribution < 1.29 is 26.3 Å². The van der Waals surface area contributed by atoms with Gasteiger partial charge in [0.15, 0.2) is 0 Å². The predicted octanol–water partition coefficient (Wildman–Crippen LogP) is 7.34. The van der Waals surface area contributed by atoms with Crippen molar-refractivity contribution in [1.82, 2.24) is 0 Å². The van der Waals surface area contributed by atoms with Crippen LogP contribution < -0.4 is 17.6 Å². The van der Waals surface area contributed by atoms with E-state index in [0.717, 1.165) is 22.7 Å². The molecule has 0 atom stereocenters. The molecule has 0 amide bonds. The van der Waals surface area contributed by atoms with Gasteiger partial charge in [0, 0.05) is 0 Å². The van der Waals surface area contributed by atoms with E-state index < -0.39 is 70.4 Å². The summed E-state index contributed by atoms with van der Waals surface area (Å²) in [5.41, 5.74) is -2.72. The van der Waals surface area contributed by atoms with Crippen LogP contribution in [0.3, 0.4) is 0 Å². The molecule has 0 saturated heterocycles. The molecule has 0 bridgehead atoms. The van der Waals surface area contributed by atoms with E-state index in [9.17, 15) is 0 Å². The van der Waals surface area contributed by atoms with E-state index in [2.05, 4.69) is 0 Å². The van der Waals surface area contributed by atoms with Crippen molar-refractivity contribution in [3.63, 3.8) is 0 Å². The van der Waals surface area contributed by atoms with Gasteiger partial charge < -0.3 is 0 Å². The molecule has 3 heterocycles. The van der Waals surface area contributed by atoms with Crippen LogP contribution in [0, 0.1) is 34.9 Å². The molecule has 6 aromatic rings. The van der Waals surface area contributed by atoms with Crippen molar-refractivity contribution >= 4 is 53.5 Å². The van der Waals surface area contributed by atoms with Crippen molar-refractivity contribution in [3.8, 4) is 32.0 Å². The van der Waals surface area contributed by atoms with Crippen molar-refractivity contribution in [3.05, 3.63) is 131 Å². The molecular weight excluding hydrogens is 635 g/mol. The fraction of sp³-hybridized carbons (Fsp3) is 0. The van der Waals surface area contributed by atoms with Crippen LogP contribution in [0.15, 0.2) is 95.7 Å². The first-order valence-electron chi connectivity index (χ1n) is 12.5. The number of rotatable bonds is 4. The summed E-state index contributed by atoms with van der Waals surface area (Å²) in [6, 6.07) is 22.9. The van der Waals surface area contributed by atoms with Crippen LogP contribution in [0.1, 0.15) is 0 Å². The number of hydrogen-bond donors (Lipinski definition) is 0. The van der Waals surface area contributed by atoms with Gasteiger partial charge in [0.05, 0.1) is 0 Å². The standard InChI is InChI=1S/C32H16F6GeS2/c33-25-21(19-13-7-15-40-19)29(37)31-23(27(25)35)24-28(36)26(34)22(20-14-8-16-41-20)30(38)32(24)39(31,17-9-3-1-4-10-17)18-11-5-2-6-12-18/h1-16H. The summed E-state index contributed by atoms with van der Waals surface area (Å²) in [4.78, 5) is 0.253. The summed E-state index contributed by atoms with van der Waals surface area (Å²) < 4.78 is 98.6. The zero-order valence-electron chi connectivity index (χ0n) is 20.8. The Hall–Kier alpha value is -3.60. The first-order chi connectivity index (χ1) is 19.9. The Balaban J connectivity index is 1.78. The monoisotopic (exact) mass is 652 g/mol. The van der Waals surface area contributed by atoms with Crippen LogP contribution >= 0.6 is 22.7 Å². The van der Waals surface area contributed by atoms with E-state index in [1.165, 1.54) is 12.1 Å². The summed E-state index contributed by atoms with van der Waals surface area (Å²) in [6.45, 7) is 0. The van der Waals surface area contributed by atoms with Gasteiger partial charge in [0.2, 0.25) is 0 Å². The summed E-state index contributed by atoms with van der Waals surface area (Å²) in [6.07, 6.45) is 0. The molecule has 9 heteroatoms. The van der Waals surface area contributed by atoms with Crippen LogP contribution in [0.2, 0.25) is 0 Å². The van der Waals surface area contributed by atoms with Crippen LogP contribution in [0.5, 0.6) is 0 Å². The van der Waals surface area contributed by atoms with Crippen molar-refractivity contribution in [2.24, 2.45) is 0 Å². The first kappa shape index (κ1) is 26.3. The second-order valence-electron chi connectivity index (χ2n) is 9.57. The Kier molecular flexibility index (Phi) is 6.26. The van der Waals surface area contributed by atoms with Gasteiger partial charge in [-0.2, -0.15) is 0 Å². The topological polar surface area (TPSA) is 0 Å². The summed E-state index contributed by atoms with van der Waals surface area (Å²) >= 11 is -3.04. The number of thiophene rings is 2. The molecule has 1 aliphatic rings. The Morgan fingerprint density at radius 2 is 0.756 bits per heavy atom. The Bertz CT molecular complexity index is 1790. The molecule has 0 saturated carbocycles. The summed E-state index contributed by atoms with van der Waals surface area (Å²) in [7, 11) is 0. The van der Waals surface area contributed by atoms with Gasteiger partial charge in [-0.05, 0) is 0 Å². The second kappa shape index (κ2) is 9.75. The Morgan fingerprint density at radius 3 is 1.10 bits per heavy atom. The summed E-state index contributed by atoms with van der Waals surface area (Å²) in [5, 5.41) is 3.19. The molecule has 2 aromatic heterocycles. The van der Waals surface area contributed by atoms with Crippen LogP contribution in [-0.4, -0.2) is 13.3 Å². The van der Waals surface area contributed by atoms with Gasteiger partial charge in [0.25, 0.3) is 0 Å². The van der Waals surface area contributed by atoms with E-state index in [1.807, 2.05) is 0 Å². The maximum atomic E-state index is 17.1. The molecule has 41 heavy (non-hydrogen) atoms. The fourth-order valence-corrected chi connectivity index (χ4v) is 18.5. The van der Waals surface area contributed by atoms with Gasteiger partial charge in [0.1, 0.15) is 0 Å². The van der Waals surface area contributed by atoms with E-state index in [4.69, 9.17) is 0 Å². The Labute approximate surface area is 241 Å². The van der Waals surface area contributed by atoms with E-state index in [0.29, 0.717) is 8.79 Å². The number of halogens is 6. The molecule has 4 aromatic carbocycles. The average molecular weight is 651 g/mol. The molecule has 7 rings (SSSR count). The zero-order valence-corrected chi connectivity index (χ0v) is 24.6. The van der Waals surface area contributed by atoms with Crippen molar-refractivity contribution in [2.45, 2.75) is 0 Å². The van der Waals surface area contributed by atoms with E-state index >= 15 is 26.3 Å². The maximum absolute atomic E-state index is 17.1. The summed E-state index contributed by atoms with van der Waals surface area (Å²) in [5.74, 6) is -8.32. The number of fused-ring (bicyclic) bond motifs is 3. The fourth-order valence-electron chi connectivity index (χ4n) is 6.01. The number of benzene rings is 4. The predicted molar refractivity (Wildman–Crippen MR) is 155 cm³/mol. The molecule has 0 radical (unpaired) electrons. The normalized spacial score (nSPS) is 13.3. The van der Waals surface area contributed by atoms with Crippen molar-refractivity contribution in [1.29, 1.82) is 0 Å². The molecule has 0 aliphatic carbocycles. The quantitative estimate of drug-likeness (QED) is 0.106. The van der Waals surface area contributed by atoms with Gasteiger partial charge in [-0.25, -0.2) is 0 Å². The van der Waals surface area contributed by atoms with Crippen LogP contribution in [0.25, 0.3) is 32.0 Å². The second-order valence-corrected chi connectivity index (χ2v) is 19.1. The number of hydrogen-bond acceptors (Lipinski definition) is 2. The minimum absolute atomic E-state index is 0.126. The van der Waals surface area contributed by atoms with Gasteiger partial charge >= 0.3 is 242 Å². The SMILES string of the molecule is Fc1c(F)c2[c](c(F)c1-c1cccs1)[Ge]([c]1ccccc1)([c]1ccccc1)[c]1c(F)c(-c3cccs3)c(F)c(F)c1-2. The van der Waals surface area contributed by atoms with Gasteiger partial charge in [-0.3, -0.25) is 0 Å². The average Bonchev–Trinajstić information content (AvgIpc) is 3.77. The van der Waals surface area contributed by atoms with Gasteiger partial charge in [-0.15, -0.1) is 0 Å². The third-order valence-electron chi connectivity index (χ3n) is 7.59.